The molecule has 1 aliphatic carbocycles. The molecule has 1 aromatic carbocycles. The van der Waals surface area contributed by atoms with Crippen molar-refractivity contribution in [3.63, 3.8) is 0 Å². The van der Waals surface area contributed by atoms with Crippen LogP contribution in [0, 0.1) is 6.92 Å². The van der Waals surface area contributed by atoms with Crippen LogP contribution in [-0.2, 0) is 7.05 Å². The first-order valence-corrected chi connectivity index (χ1v) is 10.8. The van der Waals surface area contributed by atoms with Crippen LogP contribution in [0.2, 0.25) is 0 Å². The van der Waals surface area contributed by atoms with Crippen molar-refractivity contribution in [1.29, 1.82) is 0 Å². The average molecular weight is 405 g/mol. The second-order valence-corrected chi connectivity index (χ2v) is 8.67. The molecule has 6 heteroatoms. The highest BCUT2D eigenvalue weighted by Crippen LogP contribution is 2.39. The van der Waals surface area contributed by atoms with Crippen LogP contribution in [0.3, 0.4) is 0 Å². The monoisotopic (exact) mass is 404 g/mol. The molecule has 2 aromatic heterocycles. The van der Waals surface area contributed by atoms with Gasteiger partial charge in [0.1, 0.15) is 11.4 Å². The van der Waals surface area contributed by atoms with E-state index in [2.05, 4.69) is 24.2 Å². The van der Waals surface area contributed by atoms with E-state index in [1.807, 2.05) is 30.3 Å². The summed E-state index contributed by atoms with van der Waals surface area (Å²) in [5, 5.41) is 6.85. The van der Waals surface area contributed by atoms with E-state index in [0.29, 0.717) is 18.2 Å². The van der Waals surface area contributed by atoms with Gasteiger partial charge in [-0.3, -0.25) is 14.5 Å². The first-order chi connectivity index (χ1) is 14.5. The van der Waals surface area contributed by atoms with Crippen LogP contribution in [-0.4, -0.2) is 45.8 Å². The van der Waals surface area contributed by atoms with Gasteiger partial charge in [0.25, 0.3) is 5.91 Å². The van der Waals surface area contributed by atoms with Crippen molar-refractivity contribution in [2.45, 2.75) is 44.4 Å². The molecule has 1 saturated carbocycles. The Bertz CT molecular complexity index is 1120. The number of likely N-dealkylation sites (tertiary alicyclic amines) is 1. The molecule has 0 spiro atoms. The van der Waals surface area contributed by atoms with E-state index in [1.54, 1.807) is 11.8 Å². The van der Waals surface area contributed by atoms with Crippen molar-refractivity contribution in [3.8, 4) is 5.75 Å². The molecule has 1 saturated heterocycles. The molecule has 5 rings (SSSR count). The quantitative estimate of drug-likeness (QED) is 0.654. The summed E-state index contributed by atoms with van der Waals surface area (Å²) >= 11 is 0. The number of ether oxygens (including phenoxy) is 1. The first kappa shape index (κ1) is 19.1. The van der Waals surface area contributed by atoms with Crippen molar-refractivity contribution < 1.29 is 9.53 Å². The Kier molecular flexibility index (Phi) is 4.72. The van der Waals surface area contributed by atoms with Crippen LogP contribution in [0.1, 0.15) is 65.0 Å². The van der Waals surface area contributed by atoms with Gasteiger partial charge in [0.2, 0.25) is 0 Å². The van der Waals surface area contributed by atoms with Crippen LogP contribution in [0.5, 0.6) is 5.75 Å². The smallest absolute Gasteiger partial charge is 0.272 e. The zero-order valence-corrected chi connectivity index (χ0v) is 17.9. The van der Waals surface area contributed by atoms with E-state index >= 15 is 0 Å². The molecule has 156 valence electrons. The molecule has 30 heavy (non-hydrogen) atoms. The number of fused-ring (bicyclic) bond motifs is 1. The summed E-state index contributed by atoms with van der Waals surface area (Å²) in [4.78, 5) is 20.0. The Morgan fingerprint density at radius 2 is 1.97 bits per heavy atom. The van der Waals surface area contributed by atoms with Crippen molar-refractivity contribution >= 4 is 16.7 Å². The van der Waals surface area contributed by atoms with E-state index in [0.717, 1.165) is 47.5 Å². The Balaban J connectivity index is 1.40. The summed E-state index contributed by atoms with van der Waals surface area (Å²) in [6.45, 7) is 3.57. The Morgan fingerprint density at radius 1 is 1.13 bits per heavy atom. The highest BCUT2D eigenvalue weighted by atomic mass is 16.5. The van der Waals surface area contributed by atoms with E-state index in [9.17, 15) is 4.79 Å². The topological polar surface area (TPSA) is 60.2 Å². The number of benzene rings is 1. The molecule has 1 aliphatic heterocycles. The highest BCUT2D eigenvalue weighted by molar-refractivity contribution is 5.93. The third kappa shape index (κ3) is 3.34. The number of pyridine rings is 1. The fourth-order valence-corrected chi connectivity index (χ4v) is 4.64. The summed E-state index contributed by atoms with van der Waals surface area (Å²) in [5.41, 5.74) is 3.95. The number of hydrogen-bond donors (Lipinski definition) is 0. The highest BCUT2D eigenvalue weighted by Gasteiger charge is 2.31. The molecule has 6 nitrogen and oxygen atoms in total. The summed E-state index contributed by atoms with van der Waals surface area (Å²) in [5.74, 6) is 1.77. The Hall–Kier alpha value is -2.89. The number of nitrogens with zero attached hydrogens (tertiary/aromatic N) is 4. The van der Waals surface area contributed by atoms with Gasteiger partial charge in [-0.15, -0.1) is 0 Å². The van der Waals surface area contributed by atoms with Crippen molar-refractivity contribution in [2.75, 3.05) is 20.2 Å². The maximum Gasteiger partial charge on any atom is 0.272 e. The second-order valence-electron chi connectivity index (χ2n) is 8.67. The first-order valence-electron chi connectivity index (χ1n) is 10.8. The van der Waals surface area contributed by atoms with Crippen molar-refractivity contribution in [1.82, 2.24) is 19.7 Å². The zero-order chi connectivity index (χ0) is 20.8. The van der Waals surface area contributed by atoms with Gasteiger partial charge in [-0.25, -0.2) is 0 Å². The van der Waals surface area contributed by atoms with Crippen LogP contribution in [0.25, 0.3) is 10.8 Å². The van der Waals surface area contributed by atoms with Crippen LogP contribution >= 0.6 is 0 Å². The number of rotatable bonds is 4. The Labute approximate surface area is 176 Å². The number of carbonyl (C=O) groups is 1. The van der Waals surface area contributed by atoms with E-state index in [-0.39, 0.29) is 11.8 Å². The minimum atomic E-state index is 0.0836. The lowest BCUT2D eigenvalue weighted by atomic mass is 9.92. The summed E-state index contributed by atoms with van der Waals surface area (Å²) in [6, 6.07) is 8.22. The predicted molar refractivity (Wildman–Crippen MR) is 116 cm³/mol. The number of amides is 1. The summed E-state index contributed by atoms with van der Waals surface area (Å²) in [6.07, 6.45) is 6.36. The van der Waals surface area contributed by atoms with E-state index in [4.69, 9.17) is 9.72 Å². The molecule has 3 heterocycles. The molecule has 1 unspecified atom stereocenters. The van der Waals surface area contributed by atoms with E-state index in [1.165, 1.54) is 18.2 Å². The number of piperidine rings is 1. The van der Waals surface area contributed by atoms with Gasteiger partial charge in [-0.05, 0) is 67.8 Å². The lowest BCUT2D eigenvalue weighted by molar-refractivity contribution is 0.0694. The predicted octanol–water partition coefficient (Wildman–Crippen LogP) is 4.18. The summed E-state index contributed by atoms with van der Waals surface area (Å²) < 4.78 is 7.24. The van der Waals surface area contributed by atoms with Gasteiger partial charge >= 0.3 is 0 Å². The van der Waals surface area contributed by atoms with Crippen molar-refractivity contribution in [2.24, 2.45) is 7.05 Å². The average Bonchev–Trinajstić information content (AvgIpc) is 3.55. The van der Waals surface area contributed by atoms with Gasteiger partial charge in [0.15, 0.2) is 0 Å². The second kappa shape index (κ2) is 7.42. The third-order valence-corrected chi connectivity index (χ3v) is 6.60. The molecule has 0 radical (unpaired) electrons. The molecule has 0 bridgehead atoms. The minimum absolute atomic E-state index is 0.0836. The fraction of sp³-hybridized carbons (Fsp3) is 0.458. The SMILES string of the molecule is COc1ccc2cnc(C3CCCN(C(=O)c4cc(C5CC5)nn4C)C3)cc2c1C. The number of aryl methyl sites for hydroxylation is 2. The van der Waals surface area contributed by atoms with E-state index < -0.39 is 0 Å². The molecule has 2 aliphatic rings. The van der Waals surface area contributed by atoms with Gasteiger partial charge < -0.3 is 9.64 Å². The molecule has 3 aromatic rings. The molecule has 0 N–H and O–H groups in total. The largest absolute Gasteiger partial charge is 0.496 e. The Morgan fingerprint density at radius 3 is 2.73 bits per heavy atom. The maximum absolute atomic E-state index is 13.2. The summed E-state index contributed by atoms with van der Waals surface area (Å²) in [7, 11) is 3.58. The number of aromatic nitrogens is 3. The standard InChI is InChI=1S/C24H28N4O2/c1-15-19-11-20(25-13-17(19)8-9-23(15)30-3)18-5-4-10-28(14-18)24(29)22-12-21(16-6-7-16)26-27(22)2/h8-9,11-13,16,18H,4-7,10,14H2,1-3H3. The molecule has 1 amide bonds. The number of methoxy groups -OCH3 is 1. The van der Waals surface area contributed by atoms with Gasteiger partial charge in [0, 0.05) is 49.2 Å². The molecular formula is C24H28N4O2. The maximum atomic E-state index is 13.2. The van der Waals surface area contributed by atoms with Crippen LogP contribution in [0.4, 0.5) is 0 Å². The van der Waals surface area contributed by atoms with Crippen molar-refractivity contribution in [3.05, 3.63) is 53.1 Å². The fourth-order valence-electron chi connectivity index (χ4n) is 4.64. The van der Waals surface area contributed by atoms with Crippen LogP contribution < -0.4 is 4.74 Å². The van der Waals surface area contributed by atoms with Gasteiger partial charge in [-0.1, -0.05) is 0 Å². The van der Waals surface area contributed by atoms with Gasteiger partial charge in [-0.2, -0.15) is 5.10 Å². The number of carbonyl (C=O) groups excluding carboxylic acids is 1. The third-order valence-electron chi connectivity index (χ3n) is 6.60. The number of hydrogen-bond acceptors (Lipinski definition) is 4. The lowest BCUT2D eigenvalue weighted by Crippen LogP contribution is -2.40. The molecular weight excluding hydrogens is 376 g/mol. The van der Waals surface area contributed by atoms with Gasteiger partial charge in [0.05, 0.1) is 12.8 Å². The molecule has 1 atom stereocenters. The zero-order valence-electron chi connectivity index (χ0n) is 17.9. The normalized spacial score (nSPS) is 19.3. The minimum Gasteiger partial charge on any atom is -0.496 e. The molecule has 2 fully saturated rings. The lowest BCUT2D eigenvalue weighted by Gasteiger charge is -2.32. The van der Waals surface area contributed by atoms with Crippen LogP contribution in [0.15, 0.2) is 30.5 Å².